The maximum Gasteiger partial charge on any atom is 0.310 e. The van der Waals surface area contributed by atoms with E-state index in [1.807, 2.05) is 0 Å². The first kappa shape index (κ1) is 16.3. The number of nitro benzene ring substituents is 1. The predicted octanol–water partition coefficient (Wildman–Crippen LogP) is 0.118. The molecule has 0 saturated carbocycles. The van der Waals surface area contributed by atoms with E-state index in [1.54, 1.807) is 0 Å². The Kier molecular flexibility index (Phi) is 5.03. The highest BCUT2D eigenvalue weighted by Gasteiger charge is 2.26. The van der Waals surface area contributed by atoms with Gasteiger partial charge in [-0.15, -0.1) is 0 Å². The summed E-state index contributed by atoms with van der Waals surface area (Å²) in [5.41, 5.74) is 5.14. The van der Waals surface area contributed by atoms with Crippen LogP contribution in [0.2, 0.25) is 0 Å². The van der Waals surface area contributed by atoms with Gasteiger partial charge < -0.3 is 16.2 Å². The summed E-state index contributed by atoms with van der Waals surface area (Å²) in [4.78, 5) is 9.97. The molecule has 0 aromatic heterocycles. The van der Waals surface area contributed by atoms with E-state index in [1.165, 1.54) is 25.1 Å². The average molecular weight is 303 g/mol. The number of anilines is 1. The molecule has 1 aromatic carbocycles. The summed E-state index contributed by atoms with van der Waals surface area (Å²) < 4.78 is 23.1. The van der Waals surface area contributed by atoms with Gasteiger partial charge in [0.25, 0.3) is 0 Å². The standard InChI is InChI=1S/C11H17N3O5S/c1-7(15)8(12)6-13-9-4-3-5-10(20(2,18)19)11(9)14(16)17/h3-5,7-8,13,15H,6,12H2,1-2H3. The van der Waals surface area contributed by atoms with Crippen LogP contribution in [0, 0.1) is 10.1 Å². The molecule has 0 fully saturated rings. The van der Waals surface area contributed by atoms with Gasteiger partial charge in [0.2, 0.25) is 0 Å². The second-order valence-electron chi connectivity index (χ2n) is 4.47. The molecule has 4 N–H and O–H groups in total. The molecule has 9 heteroatoms. The van der Waals surface area contributed by atoms with Crippen LogP contribution in [0.4, 0.5) is 11.4 Å². The summed E-state index contributed by atoms with van der Waals surface area (Å²) in [6.45, 7) is 1.57. The smallest absolute Gasteiger partial charge is 0.310 e. The number of nitrogens with zero attached hydrogens (tertiary/aromatic N) is 1. The first-order valence-electron chi connectivity index (χ1n) is 5.79. The summed E-state index contributed by atoms with van der Waals surface area (Å²) in [5.74, 6) is 0. The highest BCUT2D eigenvalue weighted by molar-refractivity contribution is 7.90. The molecule has 0 amide bonds. The SMILES string of the molecule is CC(O)C(N)CNc1cccc(S(C)(=O)=O)c1[N+](=O)[O-]. The van der Waals surface area contributed by atoms with Crippen LogP contribution < -0.4 is 11.1 Å². The van der Waals surface area contributed by atoms with Crippen LogP contribution >= 0.6 is 0 Å². The lowest BCUT2D eigenvalue weighted by Crippen LogP contribution is -2.38. The highest BCUT2D eigenvalue weighted by atomic mass is 32.2. The van der Waals surface area contributed by atoms with Crippen molar-refractivity contribution in [3.8, 4) is 0 Å². The Morgan fingerprint density at radius 1 is 1.50 bits per heavy atom. The zero-order chi connectivity index (χ0) is 15.5. The van der Waals surface area contributed by atoms with E-state index in [2.05, 4.69) is 5.32 Å². The number of nitrogens with two attached hydrogens (primary N) is 1. The van der Waals surface area contributed by atoms with Crippen LogP contribution in [0.1, 0.15) is 6.92 Å². The molecule has 0 aliphatic carbocycles. The second kappa shape index (κ2) is 6.16. The second-order valence-corrected chi connectivity index (χ2v) is 6.45. The van der Waals surface area contributed by atoms with Gasteiger partial charge in [0, 0.05) is 18.8 Å². The number of hydrogen-bond donors (Lipinski definition) is 3. The first-order valence-corrected chi connectivity index (χ1v) is 7.68. The van der Waals surface area contributed by atoms with Gasteiger partial charge in [0.05, 0.1) is 11.0 Å². The zero-order valence-electron chi connectivity index (χ0n) is 11.1. The van der Waals surface area contributed by atoms with Gasteiger partial charge in [-0.3, -0.25) is 10.1 Å². The molecule has 0 bridgehead atoms. The van der Waals surface area contributed by atoms with E-state index in [0.29, 0.717) is 0 Å². The zero-order valence-corrected chi connectivity index (χ0v) is 11.9. The molecule has 20 heavy (non-hydrogen) atoms. The van der Waals surface area contributed by atoms with E-state index in [0.717, 1.165) is 6.26 Å². The fourth-order valence-corrected chi connectivity index (χ4v) is 2.41. The van der Waals surface area contributed by atoms with Crippen molar-refractivity contribution in [1.82, 2.24) is 0 Å². The van der Waals surface area contributed by atoms with Crippen LogP contribution in [0.25, 0.3) is 0 Å². The quantitative estimate of drug-likeness (QED) is 0.501. The van der Waals surface area contributed by atoms with Gasteiger partial charge in [-0.2, -0.15) is 0 Å². The maximum atomic E-state index is 11.6. The van der Waals surface area contributed by atoms with Gasteiger partial charge in [-0.1, -0.05) is 6.07 Å². The molecule has 1 rings (SSSR count). The number of sulfone groups is 1. The van der Waals surface area contributed by atoms with Crippen LogP contribution in [0.3, 0.4) is 0 Å². The molecule has 0 radical (unpaired) electrons. The lowest BCUT2D eigenvalue weighted by molar-refractivity contribution is -0.386. The van der Waals surface area contributed by atoms with Crippen molar-refractivity contribution in [1.29, 1.82) is 0 Å². The molecule has 0 aliphatic rings. The highest BCUT2D eigenvalue weighted by Crippen LogP contribution is 2.31. The summed E-state index contributed by atoms with van der Waals surface area (Å²) in [7, 11) is -3.72. The largest absolute Gasteiger partial charge is 0.392 e. The Balaban J connectivity index is 3.18. The first-order chi connectivity index (χ1) is 9.14. The van der Waals surface area contributed by atoms with Crippen molar-refractivity contribution in [3.05, 3.63) is 28.3 Å². The van der Waals surface area contributed by atoms with Crippen molar-refractivity contribution >= 4 is 21.2 Å². The van der Waals surface area contributed by atoms with Gasteiger partial charge in [-0.25, -0.2) is 8.42 Å². The third-order valence-electron chi connectivity index (χ3n) is 2.73. The minimum Gasteiger partial charge on any atom is -0.392 e. The average Bonchev–Trinajstić information content (AvgIpc) is 2.33. The normalized spacial score (nSPS) is 14.6. The molecular weight excluding hydrogens is 286 g/mol. The van der Waals surface area contributed by atoms with E-state index in [9.17, 15) is 23.6 Å². The predicted molar refractivity (Wildman–Crippen MR) is 74.4 cm³/mol. The summed E-state index contributed by atoms with van der Waals surface area (Å²) in [6, 6.07) is 3.34. The molecule has 2 unspecified atom stereocenters. The molecule has 112 valence electrons. The van der Waals surface area contributed by atoms with Crippen LogP contribution in [0.15, 0.2) is 23.1 Å². The number of aliphatic hydroxyl groups excluding tert-OH is 1. The van der Waals surface area contributed by atoms with E-state index < -0.39 is 32.6 Å². The van der Waals surface area contributed by atoms with Gasteiger partial charge in [0.15, 0.2) is 9.84 Å². The van der Waals surface area contributed by atoms with Crippen molar-refractivity contribution in [2.24, 2.45) is 5.73 Å². The fourth-order valence-electron chi connectivity index (χ4n) is 1.55. The molecule has 0 aliphatic heterocycles. The third-order valence-corrected chi connectivity index (χ3v) is 3.86. The van der Waals surface area contributed by atoms with Crippen LogP contribution in [-0.4, -0.2) is 43.4 Å². The molecule has 8 nitrogen and oxygen atoms in total. The summed E-state index contributed by atoms with van der Waals surface area (Å²) in [5, 5.41) is 23.1. The van der Waals surface area contributed by atoms with Crippen molar-refractivity contribution in [3.63, 3.8) is 0 Å². The minimum absolute atomic E-state index is 0.0500. The fraction of sp³-hybridized carbons (Fsp3) is 0.455. The van der Waals surface area contributed by atoms with Crippen molar-refractivity contribution < 1.29 is 18.4 Å². The maximum absolute atomic E-state index is 11.6. The third kappa shape index (κ3) is 3.89. The Hall–Kier alpha value is -1.71. The van der Waals surface area contributed by atoms with Gasteiger partial charge in [0.1, 0.15) is 10.6 Å². The number of rotatable bonds is 6. The molecule has 0 heterocycles. The Morgan fingerprint density at radius 3 is 2.55 bits per heavy atom. The minimum atomic E-state index is -3.72. The van der Waals surface area contributed by atoms with E-state index in [4.69, 9.17) is 5.73 Å². The Bertz CT molecular complexity index is 600. The topological polar surface area (TPSA) is 136 Å². The molecule has 0 spiro atoms. The Morgan fingerprint density at radius 2 is 2.10 bits per heavy atom. The number of aliphatic hydroxyl groups is 1. The van der Waals surface area contributed by atoms with Crippen molar-refractivity contribution in [2.45, 2.75) is 24.0 Å². The van der Waals surface area contributed by atoms with Crippen LogP contribution in [-0.2, 0) is 9.84 Å². The van der Waals surface area contributed by atoms with E-state index >= 15 is 0 Å². The lowest BCUT2D eigenvalue weighted by atomic mass is 10.2. The number of nitro groups is 1. The lowest BCUT2D eigenvalue weighted by Gasteiger charge is -2.16. The number of nitrogens with one attached hydrogen (secondary N) is 1. The van der Waals surface area contributed by atoms with Crippen LogP contribution in [0.5, 0.6) is 0 Å². The van der Waals surface area contributed by atoms with Gasteiger partial charge in [-0.05, 0) is 19.1 Å². The molecule has 0 saturated heterocycles. The molecular formula is C11H17N3O5S. The summed E-state index contributed by atoms with van der Waals surface area (Å²) >= 11 is 0. The summed E-state index contributed by atoms with van der Waals surface area (Å²) in [6.07, 6.45) is 0.111. The number of benzene rings is 1. The number of para-hydroxylation sites is 1. The van der Waals surface area contributed by atoms with Gasteiger partial charge >= 0.3 is 5.69 Å². The Labute approximate surface area is 116 Å². The molecule has 2 atom stereocenters. The number of hydrogen-bond acceptors (Lipinski definition) is 7. The monoisotopic (exact) mass is 303 g/mol. The van der Waals surface area contributed by atoms with E-state index in [-0.39, 0.29) is 17.1 Å². The molecule has 1 aromatic rings. The van der Waals surface area contributed by atoms with Crippen molar-refractivity contribution in [2.75, 3.05) is 18.1 Å².